The van der Waals surface area contributed by atoms with E-state index in [1.165, 1.54) is 22.7 Å². The molecule has 0 unspecified atom stereocenters. The summed E-state index contributed by atoms with van der Waals surface area (Å²) in [5.74, 6) is 0.264. The van der Waals surface area contributed by atoms with Gasteiger partial charge in [-0.05, 0) is 56.0 Å². The molecule has 0 bridgehead atoms. The van der Waals surface area contributed by atoms with Gasteiger partial charge >= 0.3 is 5.97 Å². The van der Waals surface area contributed by atoms with Gasteiger partial charge in [-0.3, -0.25) is 9.36 Å². The largest absolute Gasteiger partial charge is 0.491 e. The zero-order valence-corrected chi connectivity index (χ0v) is 22.3. The minimum absolute atomic E-state index is 0.0454. The first kappa shape index (κ1) is 24.9. The molecule has 1 atom stereocenters. The van der Waals surface area contributed by atoms with Crippen LogP contribution in [0.4, 0.5) is 0 Å². The fraction of sp³-hybridized carbons (Fsp3) is 0.207. The number of aromatic nitrogens is 1. The Morgan fingerprint density at radius 2 is 1.92 bits per heavy atom. The van der Waals surface area contributed by atoms with Crippen LogP contribution >= 0.6 is 22.7 Å². The number of ether oxygens (including phenoxy) is 2. The summed E-state index contributed by atoms with van der Waals surface area (Å²) in [5, 5.41) is 1.94. The Labute approximate surface area is 222 Å². The highest BCUT2D eigenvalue weighted by Crippen LogP contribution is 2.36. The molecule has 0 spiro atoms. The summed E-state index contributed by atoms with van der Waals surface area (Å²) in [7, 11) is 0. The summed E-state index contributed by atoms with van der Waals surface area (Å²) < 4.78 is 13.4. The Bertz CT molecular complexity index is 1630. The Hall–Kier alpha value is -3.75. The van der Waals surface area contributed by atoms with E-state index in [4.69, 9.17) is 14.5 Å². The molecule has 0 N–H and O–H groups in total. The molecule has 0 fully saturated rings. The number of carbonyl (C=O) groups is 1. The molecule has 4 aromatic rings. The van der Waals surface area contributed by atoms with Gasteiger partial charge in [0, 0.05) is 10.4 Å². The van der Waals surface area contributed by atoms with Crippen LogP contribution < -0.4 is 19.6 Å². The molecular weight excluding hydrogens is 504 g/mol. The fourth-order valence-corrected chi connectivity index (χ4v) is 6.08. The van der Waals surface area contributed by atoms with Crippen LogP contribution in [0.1, 0.15) is 42.8 Å². The van der Waals surface area contributed by atoms with Gasteiger partial charge in [0.25, 0.3) is 5.56 Å². The van der Waals surface area contributed by atoms with E-state index in [-0.39, 0.29) is 18.3 Å². The Morgan fingerprint density at radius 3 is 2.62 bits per heavy atom. The predicted octanol–water partition coefficient (Wildman–Crippen LogP) is 4.78. The van der Waals surface area contributed by atoms with Crippen molar-refractivity contribution in [2.75, 3.05) is 6.61 Å². The molecule has 0 saturated carbocycles. The molecule has 2 aromatic heterocycles. The number of rotatable bonds is 7. The van der Waals surface area contributed by atoms with Crippen molar-refractivity contribution < 1.29 is 14.3 Å². The number of nitrogens with zero attached hydrogens (tertiary/aromatic N) is 2. The van der Waals surface area contributed by atoms with Crippen molar-refractivity contribution in [3.63, 3.8) is 0 Å². The molecule has 0 amide bonds. The Morgan fingerprint density at radius 1 is 1.11 bits per heavy atom. The highest BCUT2D eigenvalue weighted by Gasteiger charge is 2.35. The first-order valence-electron chi connectivity index (χ1n) is 12.0. The normalized spacial score (nSPS) is 15.5. The summed E-state index contributed by atoms with van der Waals surface area (Å²) >= 11 is 2.80. The van der Waals surface area contributed by atoms with Gasteiger partial charge in [0.2, 0.25) is 0 Å². The number of hydrogen-bond donors (Lipinski definition) is 0. The molecule has 1 aliphatic rings. The van der Waals surface area contributed by atoms with Gasteiger partial charge in [0.15, 0.2) is 4.80 Å². The van der Waals surface area contributed by atoms with Crippen LogP contribution in [0.2, 0.25) is 0 Å². The number of hydrogen-bond acceptors (Lipinski definition) is 7. The van der Waals surface area contributed by atoms with Gasteiger partial charge in [-0.2, -0.15) is 0 Å². The number of benzene rings is 2. The number of thiophene rings is 1. The molecule has 6 nitrogen and oxygen atoms in total. The third-order valence-corrected chi connectivity index (χ3v) is 7.62. The molecule has 1 aliphatic heterocycles. The lowest BCUT2D eigenvalue weighted by atomic mass is 9.97. The Balaban J connectivity index is 1.75. The first-order valence-corrected chi connectivity index (χ1v) is 13.7. The minimum Gasteiger partial charge on any atom is -0.491 e. The maximum atomic E-state index is 13.8. The molecule has 8 heteroatoms. The second-order valence-corrected chi connectivity index (χ2v) is 10.7. The van der Waals surface area contributed by atoms with E-state index < -0.39 is 12.0 Å². The van der Waals surface area contributed by atoms with Crippen molar-refractivity contribution in [2.45, 2.75) is 32.9 Å². The van der Waals surface area contributed by atoms with Crippen LogP contribution in [-0.4, -0.2) is 23.2 Å². The predicted molar refractivity (Wildman–Crippen MR) is 148 cm³/mol. The van der Waals surface area contributed by atoms with Gasteiger partial charge < -0.3 is 9.47 Å². The van der Waals surface area contributed by atoms with Crippen LogP contribution in [-0.2, 0) is 9.53 Å². The quantitative estimate of drug-likeness (QED) is 0.323. The van der Waals surface area contributed by atoms with Crippen molar-refractivity contribution >= 4 is 40.4 Å². The number of fused-ring (bicyclic) bond motifs is 1. The number of esters is 1. The first-order chi connectivity index (χ1) is 18.0. The second kappa shape index (κ2) is 10.7. The molecule has 0 radical (unpaired) electrons. The highest BCUT2D eigenvalue weighted by molar-refractivity contribution is 7.10. The minimum atomic E-state index is -0.636. The van der Waals surface area contributed by atoms with Gasteiger partial charge in [-0.1, -0.05) is 59.9 Å². The molecule has 0 saturated heterocycles. The molecule has 3 heterocycles. The maximum absolute atomic E-state index is 13.8. The summed E-state index contributed by atoms with van der Waals surface area (Å²) in [5.41, 5.74) is 2.33. The van der Waals surface area contributed by atoms with E-state index in [1.807, 2.05) is 92.0 Å². The Kier molecular flexibility index (Phi) is 7.21. The third kappa shape index (κ3) is 5.08. The summed E-state index contributed by atoms with van der Waals surface area (Å²) in [6.45, 7) is 5.94. The van der Waals surface area contributed by atoms with E-state index in [0.717, 1.165) is 21.8 Å². The standard InChI is InChI=1S/C29H26N2O4S2/c1-4-34-28(33)24-25(20-11-6-5-7-12-20)30-29-31(26(24)22-14-9-15-36-22)27(32)23(37-29)17-19-10-8-13-21(16-19)35-18(2)3/h5-18,26H,4H2,1-3H3/b23-17-/t26-/m1/s1. The van der Waals surface area contributed by atoms with Gasteiger partial charge in [-0.25, -0.2) is 9.79 Å². The van der Waals surface area contributed by atoms with Crippen LogP contribution in [0.25, 0.3) is 11.8 Å². The summed E-state index contributed by atoms with van der Waals surface area (Å²) in [6, 6.07) is 20.4. The molecule has 0 aliphatic carbocycles. The van der Waals surface area contributed by atoms with E-state index in [0.29, 0.717) is 20.6 Å². The molecule has 2 aromatic carbocycles. The van der Waals surface area contributed by atoms with Crippen molar-refractivity contribution in [3.05, 3.63) is 113 Å². The van der Waals surface area contributed by atoms with Crippen molar-refractivity contribution in [2.24, 2.45) is 4.99 Å². The smallest absolute Gasteiger partial charge is 0.338 e. The van der Waals surface area contributed by atoms with E-state index in [2.05, 4.69) is 0 Å². The van der Waals surface area contributed by atoms with E-state index >= 15 is 0 Å². The van der Waals surface area contributed by atoms with E-state index in [1.54, 1.807) is 11.5 Å². The lowest BCUT2D eigenvalue weighted by molar-refractivity contribution is -0.138. The van der Waals surface area contributed by atoms with Gasteiger partial charge in [0.1, 0.15) is 11.8 Å². The second-order valence-electron chi connectivity index (χ2n) is 8.69. The van der Waals surface area contributed by atoms with Gasteiger partial charge in [0.05, 0.1) is 28.5 Å². The van der Waals surface area contributed by atoms with Crippen LogP contribution in [0, 0.1) is 0 Å². The molecular formula is C29H26N2O4S2. The maximum Gasteiger partial charge on any atom is 0.338 e. The van der Waals surface area contributed by atoms with Crippen molar-refractivity contribution in [1.29, 1.82) is 0 Å². The van der Waals surface area contributed by atoms with Crippen molar-refractivity contribution in [1.82, 2.24) is 4.57 Å². The zero-order valence-electron chi connectivity index (χ0n) is 20.7. The SMILES string of the molecule is CCOC(=O)C1=C(c2ccccc2)N=c2s/c(=C\c3cccc(OC(C)C)c3)c(=O)n2[C@@H]1c1cccs1. The summed E-state index contributed by atoms with van der Waals surface area (Å²) in [6.07, 6.45) is 1.89. The lowest BCUT2D eigenvalue weighted by Gasteiger charge is -2.24. The number of carbonyl (C=O) groups excluding carboxylic acids is 1. The van der Waals surface area contributed by atoms with Crippen molar-refractivity contribution in [3.8, 4) is 5.75 Å². The number of thiazole rings is 1. The topological polar surface area (TPSA) is 69.9 Å². The van der Waals surface area contributed by atoms with Crippen LogP contribution in [0.15, 0.2) is 87.5 Å². The third-order valence-electron chi connectivity index (χ3n) is 5.71. The molecule has 37 heavy (non-hydrogen) atoms. The van der Waals surface area contributed by atoms with Gasteiger partial charge in [-0.15, -0.1) is 11.3 Å². The fourth-order valence-electron chi connectivity index (χ4n) is 4.26. The average molecular weight is 531 g/mol. The van der Waals surface area contributed by atoms with Crippen LogP contribution in [0.3, 0.4) is 0 Å². The summed E-state index contributed by atoms with van der Waals surface area (Å²) in [4.78, 5) is 33.5. The lowest BCUT2D eigenvalue weighted by Crippen LogP contribution is -2.39. The van der Waals surface area contributed by atoms with E-state index in [9.17, 15) is 9.59 Å². The molecule has 5 rings (SSSR count). The zero-order chi connectivity index (χ0) is 25.9. The monoisotopic (exact) mass is 530 g/mol. The average Bonchev–Trinajstić information content (AvgIpc) is 3.52. The molecule has 188 valence electrons. The highest BCUT2D eigenvalue weighted by atomic mass is 32.1. The van der Waals surface area contributed by atoms with Crippen LogP contribution in [0.5, 0.6) is 5.75 Å².